The van der Waals surface area contributed by atoms with Crippen molar-refractivity contribution in [3.05, 3.63) is 60.2 Å². The van der Waals surface area contributed by atoms with Gasteiger partial charge in [0.1, 0.15) is 23.1 Å². The number of nitrogens with zero attached hydrogens (tertiary/aromatic N) is 2. The fourth-order valence-electron chi connectivity index (χ4n) is 4.76. The second-order valence-corrected chi connectivity index (χ2v) is 8.92. The van der Waals surface area contributed by atoms with Crippen LogP contribution in [-0.2, 0) is 16.1 Å². The molecule has 0 saturated carbocycles. The predicted molar refractivity (Wildman–Crippen MR) is 126 cm³/mol. The lowest BCUT2D eigenvalue weighted by Crippen LogP contribution is -2.73. The maximum atomic E-state index is 13.1. The lowest BCUT2D eigenvalue weighted by Gasteiger charge is -2.51. The molecule has 4 rings (SSSR count). The number of ether oxygens (including phenoxy) is 1. The molecule has 1 unspecified atom stereocenters. The molecule has 2 aliphatic heterocycles. The summed E-state index contributed by atoms with van der Waals surface area (Å²) in [6.07, 6.45) is 2.99. The third-order valence-electron chi connectivity index (χ3n) is 6.72. The SMILES string of the molecule is CCCCN1C(=O)C(CO)NC(=O)C12CCN(Cc1ccc(Oc3ccccc3)cc1)CC2. The third kappa shape index (κ3) is 5.04. The zero-order valence-electron chi connectivity index (χ0n) is 19.2. The van der Waals surface area contributed by atoms with Crippen LogP contribution >= 0.6 is 0 Å². The number of likely N-dealkylation sites (tertiary alicyclic amines) is 1. The Morgan fingerprint density at radius 1 is 1.03 bits per heavy atom. The maximum Gasteiger partial charge on any atom is 0.248 e. The molecule has 2 aromatic carbocycles. The topological polar surface area (TPSA) is 82.1 Å². The highest BCUT2D eigenvalue weighted by atomic mass is 16.5. The number of hydrogen-bond acceptors (Lipinski definition) is 5. The van der Waals surface area contributed by atoms with E-state index in [1.54, 1.807) is 4.90 Å². The number of rotatable bonds is 8. The minimum absolute atomic E-state index is 0.126. The quantitative estimate of drug-likeness (QED) is 0.645. The molecule has 2 heterocycles. The molecule has 2 amide bonds. The molecular formula is C26H33N3O4. The normalized spacial score (nSPS) is 20.7. The number of benzene rings is 2. The molecule has 1 spiro atoms. The molecule has 7 heteroatoms. The minimum atomic E-state index is -0.824. The summed E-state index contributed by atoms with van der Waals surface area (Å²) in [5.74, 6) is 1.32. The van der Waals surface area contributed by atoms with Gasteiger partial charge in [0.05, 0.1) is 6.61 Å². The van der Waals surface area contributed by atoms with E-state index < -0.39 is 11.6 Å². The van der Waals surface area contributed by atoms with E-state index in [1.807, 2.05) is 42.5 Å². The number of piperidine rings is 1. The van der Waals surface area contributed by atoms with E-state index in [-0.39, 0.29) is 18.4 Å². The molecule has 0 aromatic heterocycles. The summed E-state index contributed by atoms with van der Waals surface area (Å²) in [5, 5.41) is 12.3. The molecule has 2 fully saturated rings. The van der Waals surface area contributed by atoms with Crippen LogP contribution in [0.1, 0.15) is 38.2 Å². The van der Waals surface area contributed by atoms with Crippen molar-refractivity contribution < 1.29 is 19.4 Å². The number of hydrogen-bond donors (Lipinski definition) is 2. The Morgan fingerprint density at radius 3 is 2.33 bits per heavy atom. The van der Waals surface area contributed by atoms with E-state index in [0.717, 1.165) is 44.0 Å². The van der Waals surface area contributed by atoms with E-state index in [0.29, 0.717) is 19.4 Å². The summed E-state index contributed by atoms with van der Waals surface area (Å²) in [7, 11) is 0. The molecule has 1 atom stereocenters. The van der Waals surface area contributed by atoms with Gasteiger partial charge in [0.2, 0.25) is 11.8 Å². The lowest BCUT2D eigenvalue weighted by atomic mass is 9.81. The first-order valence-corrected chi connectivity index (χ1v) is 11.8. The van der Waals surface area contributed by atoms with Crippen molar-refractivity contribution >= 4 is 11.8 Å². The molecular weight excluding hydrogens is 418 g/mol. The molecule has 2 aromatic rings. The van der Waals surface area contributed by atoms with Gasteiger partial charge in [0.25, 0.3) is 0 Å². The summed E-state index contributed by atoms with van der Waals surface area (Å²) >= 11 is 0. The lowest BCUT2D eigenvalue weighted by molar-refractivity contribution is -0.162. The van der Waals surface area contributed by atoms with Gasteiger partial charge < -0.3 is 20.1 Å². The van der Waals surface area contributed by atoms with Crippen molar-refractivity contribution in [3.8, 4) is 11.5 Å². The molecule has 2 saturated heterocycles. The Balaban J connectivity index is 1.38. The Labute approximate surface area is 195 Å². The Kier molecular flexibility index (Phi) is 7.30. The standard InChI is InChI=1S/C26H33N3O4/c1-2-3-15-29-24(31)23(19-30)27-25(32)26(29)13-16-28(17-14-26)18-20-9-11-22(12-10-20)33-21-7-5-4-6-8-21/h4-12,23,30H,2-3,13-19H2,1H3,(H,27,32). The molecule has 2 N–H and O–H groups in total. The van der Waals surface area contributed by atoms with Crippen LogP contribution in [-0.4, -0.2) is 64.5 Å². The van der Waals surface area contributed by atoms with Crippen LogP contribution in [0.15, 0.2) is 54.6 Å². The van der Waals surface area contributed by atoms with E-state index in [2.05, 4.69) is 29.3 Å². The summed E-state index contributed by atoms with van der Waals surface area (Å²) < 4.78 is 5.87. The van der Waals surface area contributed by atoms with Crippen LogP contribution < -0.4 is 10.1 Å². The van der Waals surface area contributed by atoms with Gasteiger partial charge in [-0.25, -0.2) is 0 Å². The van der Waals surface area contributed by atoms with E-state index in [1.165, 1.54) is 5.56 Å². The fourth-order valence-corrected chi connectivity index (χ4v) is 4.76. The highest BCUT2D eigenvalue weighted by molar-refractivity contribution is 6.00. The van der Waals surface area contributed by atoms with Crippen LogP contribution in [0.3, 0.4) is 0 Å². The number of nitrogens with one attached hydrogen (secondary N) is 1. The minimum Gasteiger partial charge on any atom is -0.457 e. The molecule has 0 bridgehead atoms. The van der Waals surface area contributed by atoms with Crippen molar-refractivity contribution in [2.75, 3.05) is 26.2 Å². The third-order valence-corrected chi connectivity index (χ3v) is 6.72. The van der Waals surface area contributed by atoms with Crippen LogP contribution in [0.2, 0.25) is 0 Å². The summed E-state index contributed by atoms with van der Waals surface area (Å²) in [6.45, 7) is 4.52. The predicted octanol–water partition coefficient (Wildman–Crippen LogP) is 2.93. The number of carbonyl (C=O) groups excluding carboxylic acids is 2. The second-order valence-electron chi connectivity index (χ2n) is 8.92. The first-order chi connectivity index (χ1) is 16.1. The highest BCUT2D eigenvalue weighted by Gasteiger charge is 2.53. The maximum absolute atomic E-state index is 13.1. The average molecular weight is 452 g/mol. The van der Waals surface area contributed by atoms with Crippen LogP contribution in [0.5, 0.6) is 11.5 Å². The van der Waals surface area contributed by atoms with Gasteiger partial charge in [-0.1, -0.05) is 43.7 Å². The summed E-state index contributed by atoms with van der Waals surface area (Å²) in [4.78, 5) is 30.1. The first-order valence-electron chi connectivity index (χ1n) is 11.8. The summed E-state index contributed by atoms with van der Waals surface area (Å²) in [6, 6.07) is 17.0. The van der Waals surface area contributed by atoms with Gasteiger partial charge in [-0.2, -0.15) is 0 Å². The molecule has 0 aliphatic carbocycles. The number of para-hydroxylation sites is 1. The van der Waals surface area contributed by atoms with Gasteiger partial charge in [-0.3, -0.25) is 14.5 Å². The highest BCUT2D eigenvalue weighted by Crippen LogP contribution is 2.34. The summed E-state index contributed by atoms with van der Waals surface area (Å²) in [5.41, 5.74) is 0.376. The Bertz CT molecular complexity index is 940. The van der Waals surface area contributed by atoms with E-state index in [4.69, 9.17) is 4.74 Å². The number of piperazine rings is 1. The van der Waals surface area contributed by atoms with Crippen molar-refractivity contribution in [2.24, 2.45) is 0 Å². The molecule has 2 aliphatic rings. The number of aliphatic hydroxyl groups is 1. The van der Waals surface area contributed by atoms with E-state index >= 15 is 0 Å². The zero-order chi connectivity index (χ0) is 23.3. The number of carbonyl (C=O) groups is 2. The van der Waals surface area contributed by atoms with Crippen molar-refractivity contribution in [3.63, 3.8) is 0 Å². The number of unbranched alkanes of at least 4 members (excludes halogenated alkanes) is 1. The largest absolute Gasteiger partial charge is 0.457 e. The molecule has 7 nitrogen and oxygen atoms in total. The van der Waals surface area contributed by atoms with Gasteiger partial charge in [-0.05, 0) is 49.1 Å². The zero-order valence-corrected chi connectivity index (χ0v) is 19.2. The smallest absolute Gasteiger partial charge is 0.248 e. The van der Waals surface area contributed by atoms with Gasteiger partial charge in [0, 0.05) is 26.2 Å². The Hall–Kier alpha value is -2.90. The van der Waals surface area contributed by atoms with Crippen molar-refractivity contribution in [1.29, 1.82) is 0 Å². The van der Waals surface area contributed by atoms with Gasteiger partial charge >= 0.3 is 0 Å². The average Bonchev–Trinajstić information content (AvgIpc) is 2.84. The second kappa shape index (κ2) is 10.4. The number of amides is 2. The number of aliphatic hydroxyl groups excluding tert-OH is 1. The van der Waals surface area contributed by atoms with Crippen molar-refractivity contribution in [2.45, 2.75) is 50.7 Å². The molecule has 33 heavy (non-hydrogen) atoms. The first kappa shape index (κ1) is 23.3. The monoisotopic (exact) mass is 451 g/mol. The molecule has 176 valence electrons. The van der Waals surface area contributed by atoms with Crippen molar-refractivity contribution in [1.82, 2.24) is 15.1 Å². The van der Waals surface area contributed by atoms with Gasteiger partial charge in [0.15, 0.2) is 0 Å². The van der Waals surface area contributed by atoms with Gasteiger partial charge in [-0.15, -0.1) is 0 Å². The van der Waals surface area contributed by atoms with Crippen LogP contribution in [0, 0.1) is 0 Å². The molecule has 0 radical (unpaired) electrons. The van der Waals surface area contributed by atoms with Crippen LogP contribution in [0.4, 0.5) is 0 Å². The Morgan fingerprint density at radius 2 is 1.70 bits per heavy atom. The van der Waals surface area contributed by atoms with Crippen LogP contribution in [0.25, 0.3) is 0 Å². The fraction of sp³-hybridized carbons (Fsp3) is 0.462. The van der Waals surface area contributed by atoms with E-state index in [9.17, 15) is 14.7 Å².